The van der Waals surface area contributed by atoms with Gasteiger partial charge in [-0.15, -0.1) is 0 Å². The van der Waals surface area contributed by atoms with Crippen LogP contribution in [0, 0.1) is 0 Å². The molecule has 1 spiro atoms. The molecule has 0 aromatic heterocycles. The van der Waals surface area contributed by atoms with Crippen molar-refractivity contribution in [1.29, 1.82) is 0 Å². The number of benzene rings is 1. The Morgan fingerprint density at radius 1 is 1.08 bits per heavy atom. The molecule has 1 aromatic rings. The molecular formula is C19H27N3O2. The molecule has 2 fully saturated rings. The fraction of sp³-hybridized carbons (Fsp3) is 0.579. The van der Waals surface area contributed by atoms with Crippen LogP contribution in [-0.4, -0.2) is 72.3 Å². The van der Waals surface area contributed by atoms with Gasteiger partial charge in [-0.1, -0.05) is 24.6 Å². The third-order valence-electron chi connectivity index (χ3n) is 5.46. The number of likely N-dealkylation sites (N-methyl/N-ethyl adjacent to an activating group) is 1. The molecule has 3 rings (SSSR count). The molecule has 24 heavy (non-hydrogen) atoms. The maximum atomic E-state index is 12.7. The van der Waals surface area contributed by atoms with Crippen LogP contribution < -0.4 is 0 Å². The summed E-state index contributed by atoms with van der Waals surface area (Å²) in [5.41, 5.74) is 0.732. The number of hydrogen-bond donors (Lipinski definition) is 0. The summed E-state index contributed by atoms with van der Waals surface area (Å²) in [6.07, 6.45) is 4.35. The minimum Gasteiger partial charge on any atom is -0.348 e. The molecule has 1 atom stereocenters. The largest absolute Gasteiger partial charge is 0.348 e. The lowest BCUT2D eigenvalue weighted by Gasteiger charge is -2.44. The number of likely N-dealkylation sites (tertiary alicyclic amines) is 2. The normalized spacial score (nSPS) is 24.3. The predicted octanol–water partition coefficient (Wildman–Crippen LogP) is 1.85. The van der Waals surface area contributed by atoms with Crippen molar-refractivity contribution < 1.29 is 9.59 Å². The summed E-state index contributed by atoms with van der Waals surface area (Å²) in [4.78, 5) is 30.9. The molecule has 2 heterocycles. The molecule has 0 saturated carbocycles. The van der Waals surface area contributed by atoms with Crippen LogP contribution in [0.3, 0.4) is 0 Å². The highest BCUT2D eigenvalue weighted by Gasteiger charge is 2.46. The van der Waals surface area contributed by atoms with Gasteiger partial charge in [-0.25, -0.2) is 0 Å². The highest BCUT2D eigenvalue weighted by molar-refractivity contribution is 5.94. The maximum Gasteiger partial charge on any atom is 0.253 e. The topological polar surface area (TPSA) is 43.9 Å². The zero-order chi connectivity index (χ0) is 17.2. The number of amides is 2. The number of hydrogen-bond acceptors (Lipinski definition) is 3. The monoisotopic (exact) mass is 329 g/mol. The maximum absolute atomic E-state index is 12.7. The molecule has 2 aliphatic rings. The van der Waals surface area contributed by atoms with Gasteiger partial charge in [-0.3, -0.25) is 14.5 Å². The third kappa shape index (κ3) is 3.31. The van der Waals surface area contributed by atoms with E-state index < -0.39 is 0 Å². The first kappa shape index (κ1) is 17.0. The zero-order valence-corrected chi connectivity index (χ0v) is 14.7. The molecule has 0 N–H and O–H groups in total. The fourth-order valence-corrected chi connectivity index (χ4v) is 3.96. The van der Waals surface area contributed by atoms with Crippen molar-refractivity contribution in [2.75, 3.05) is 40.3 Å². The Labute approximate surface area is 144 Å². The van der Waals surface area contributed by atoms with Crippen LogP contribution in [0.4, 0.5) is 0 Å². The number of nitrogens with zero attached hydrogens (tertiary/aromatic N) is 3. The Hall–Kier alpha value is -1.88. The van der Waals surface area contributed by atoms with Crippen molar-refractivity contribution in [2.45, 2.75) is 31.2 Å². The van der Waals surface area contributed by atoms with E-state index in [1.165, 1.54) is 6.42 Å². The average molecular weight is 329 g/mol. The Balaban J connectivity index is 1.73. The molecule has 5 nitrogen and oxygen atoms in total. The molecule has 0 bridgehead atoms. The first-order chi connectivity index (χ1) is 11.5. The van der Waals surface area contributed by atoms with Gasteiger partial charge in [0, 0.05) is 38.3 Å². The Kier molecular flexibility index (Phi) is 4.90. The lowest BCUT2D eigenvalue weighted by atomic mass is 9.85. The van der Waals surface area contributed by atoms with Gasteiger partial charge >= 0.3 is 0 Å². The van der Waals surface area contributed by atoms with Gasteiger partial charge in [0.15, 0.2) is 0 Å². The second-order valence-electron chi connectivity index (χ2n) is 7.23. The molecule has 5 heteroatoms. The van der Waals surface area contributed by atoms with Crippen LogP contribution in [0.5, 0.6) is 0 Å². The second kappa shape index (κ2) is 6.93. The van der Waals surface area contributed by atoms with Gasteiger partial charge in [0.25, 0.3) is 5.91 Å². The van der Waals surface area contributed by atoms with E-state index in [2.05, 4.69) is 4.90 Å². The fourth-order valence-electron chi connectivity index (χ4n) is 3.96. The molecule has 1 aromatic carbocycles. The molecule has 0 unspecified atom stereocenters. The minimum atomic E-state index is -0.0195. The summed E-state index contributed by atoms with van der Waals surface area (Å²) in [7, 11) is 3.61. The molecule has 2 saturated heterocycles. The van der Waals surface area contributed by atoms with Crippen molar-refractivity contribution in [2.24, 2.45) is 0 Å². The molecule has 0 radical (unpaired) electrons. The summed E-state index contributed by atoms with van der Waals surface area (Å²) >= 11 is 0. The van der Waals surface area contributed by atoms with Gasteiger partial charge in [0.2, 0.25) is 5.91 Å². The van der Waals surface area contributed by atoms with Gasteiger partial charge < -0.3 is 9.80 Å². The van der Waals surface area contributed by atoms with Crippen molar-refractivity contribution >= 4 is 11.8 Å². The van der Waals surface area contributed by atoms with E-state index >= 15 is 0 Å². The zero-order valence-electron chi connectivity index (χ0n) is 14.7. The smallest absolute Gasteiger partial charge is 0.253 e. The van der Waals surface area contributed by atoms with Crippen molar-refractivity contribution in [3.05, 3.63) is 35.9 Å². The molecule has 130 valence electrons. The van der Waals surface area contributed by atoms with Crippen LogP contribution in [0.15, 0.2) is 30.3 Å². The number of carbonyl (C=O) groups excluding carboxylic acids is 2. The van der Waals surface area contributed by atoms with E-state index in [0.717, 1.165) is 44.5 Å². The summed E-state index contributed by atoms with van der Waals surface area (Å²) in [6.45, 7) is 2.93. The van der Waals surface area contributed by atoms with Crippen molar-refractivity contribution in [1.82, 2.24) is 14.7 Å². The van der Waals surface area contributed by atoms with Crippen LogP contribution >= 0.6 is 0 Å². The lowest BCUT2D eigenvalue weighted by Crippen LogP contribution is -2.56. The van der Waals surface area contributed by atoms with Gasteiger partial charge in [-0.05, 0) is 37.9 Å². The minimum absolute atomic E-state index is 0.0195. The van der Waals surface area contributed by atoms with E-state index in [9.17, 15) is 9.59 Å². The quantitative estimate of drug-likeness (QED) is 0.850. The van der Waals surface area contributed by atoms with Crippen LogP contribution in [-0.2, 0) is 4.79 Å². The van der Waals surface area contributed by atoms with E-state index in [-0.39, 0.29) is 17.4 Å². The lowest BCUT2D eigenvalue weighted by molar-refractivity contribution is -0.132. The van der Waals surface area contributed by atoms with Crippen molar-refractivity contribution in [3.8, 4) is 0 Å². The van der Waals surface area contributed by atoms with Crippen LogP contribution in [0.1, 0.15) is 36.0 Å². The summed E-state index contributed by atoms with van der Waals surface area (Å²) in [6, 6.07) is 9.49. The Bertz CT molecular complexity index is 602. The summed E-state index contributed by atoms with van der Waals surface area (Å²) < 4.78 is 0. The third-order valence-corrected chi connectivity index (χ3v) is 5.46. The SMILES string of the molecule is CN(C)C(=O)CN1CCCC[C@@]12CCN(C(=O)c1ccccc1)C2. The number of rotatable bonds is 3. The first-order valence-corrected chi connectivity index (χ1v) is 8.81. The van der Waals surface area contributed by atoms with Gasteiger partial charge in [0.1, 0.15) is 0 Å². The first-order valence-electron chi connectivity index (χ1n) is 8.81. The van der Waals surface area contributed by atoms with E-state index in [1.54, 1.807) is 19.0 Å². The summed E-state index contributed by atoms with van der Waals surface area (Å²) in [5.74, 6) is 0.251. The predicted molar refractivity (Wildman–Crippen MR) is 93.8 cm³/mol. The molecule has 2 amide bonds. The molecular weight excluding hydrogens is 302 g/mol. The summed E-state index contributed by atoms with van der Waals surface area (Å²) in [5, 5.41) is 0. The molecule has 2 aliphatic heterocycles. The van der Waals surface area contributed by atoms with Crippen LogP contribution in [0.2, 0.25) is 0 Å². The van der Waals surface area contributed by atoms with Gasteiger partial charge in [0.05, 0.1) is 6.54 Å². The highest BCUT2D eigenvalue weighted by Crippen LogP contribution is 2.37. The van der Waals surface area contributed by atoms with E-state index in [0.29, 0.717) is 6.54 Å². The van der Waals surface area contributed by atoms with Gasteiger partial charge in [-0.2, -0.15) is 0 Å². The van der Waals surface area contributed by atoms with Crippen LogP contribution in [0.25, 0.3) is 0 Å². The second-order valence-corrected chi connectivity index (χ2v) is 7.23. The van der Waals surface area contributed by atoms with Crippen molar-refractivity contribution in [3.63, 3.8) is 0 Å². The van der Waals surface area contributed by atoms with E-state index in [1.807, 2.05) is 35.2 Å². The molecule has 0 aliphatic carbocycles. The highest BCUT2D eigenvalue weighted by atomic mass is 16.2. The number of piperidine rings is 1. The Morgan fingerprint density at radius 2 is 1.83 bits per heavy atom. The Morgan fingerprint density at radius 3 is 2.54 bits per heavy atom. The average Bonchev–Trinajstić information content (AvgIpc) is 3.02. The standard InChI is InChI=1S/C19H27N3O2/c1-20(2)17(23)14-22-12-7-6-10-19(22)11-13-21(15-19)18(24)16-8-4-3-5-9-16/h3-5,8-9H,6-7,10-15H2,1-2H3/t19-/m0/s1. The number of carbonyl (C=O) groups is 2. The van der Waals surface area contributed by atoms with E-state index in [4.69, 9.17) is 0 Å².